The van der Waals surface area contributed by atoms with E-state index in [9.17, 15) is 0 Å². The van der Waals surface area contributed by atoms with Crippen LogP contribution in [0, 0.1) is 6.92 Å². The van der Waals surface area contributed by atoms with Gasteiger partial charge in [-0.3, -0.25) is 0 Å². The minimum atomic E-state index is -0.196. The lowest BCUT2D eigenvalue weighted by Crippen LogP contribution is -2.62. The fourth-order valence-electron chi connectivity index (χ4n) is 17.4. The first kappa shape index (κ1) is 46.2. The number of para-hydroxylation sites is 1. The van der Waals surface area contributed by atoms with E-state index in [4.69, 9.17) is 4.42 Å². The van der Waals surface area contributed by atoms with Crippen molar-refractivity contribution in [1.29, 1.82) is 0 Å². The summed E-state index contributed by atoms with van der Waals surface area (Å²) in [4.78, 5) is 8.41. The van der Waals surface area contributed by atoms with E-state index >= 15 is 0 Å². The third-order valence-corrected chi connectivity index (χ3v) is 23.5. The first-order chi connectivity index (χ1) is 37.4. The smallest absolute Gasteiger partial charge is 0.257 e. The van der Waals surface area contributed by atoms with Crippen molar-refractivity contribution in [2.75, 3.05) is 14.7 Å². The molecule has 1 saturated carbocycles. The second-order valence-corrected chi connectivity index (χ2v) is 28.8. The average Bonchev–Trinajstić information content (AvgIpc) is 4.14. The number of aryl methyl sites for hydroxylation is 1. The Morgan fingerprint density at radius 2 is 1.14 bits per heavy atom. The molecule has 0 amide bonds. The van der Waals surface area contributed by atoms with Crippen LogP contribution in [-0.2, 0) is 27.1 Å². The van der Waals surface area contributed by atoms with Gasteiger partial charge in [-0.25, -0.2) is 0 Å². The molecule has 78 heavy (non-hydrogen) atoms. The molecular weight excluding hydrogens is 966 g/mol. The summed E-state index contributed by atoms with van der Waals surface area (Å²) < 4.78 is 10.1. The van der Waals surface area contributed by atoms with Crippen molar-refractivity contribution in [2.24, 2.45) is 0 Å². The molecule has 6 heteroatoms. The predicted molar refractivity (Wildman–Crippen MR) is 332 cm³/mol. The van der Waals surface area contributed by atoms with E-state index in [0.717, 1.165) is 43.3 Å². The number of anilines is 8. The lowest BCUT2D eigenvalue weighted by Gasteiger charge is -2.51. The summed E-state index contributed by atoms with van der Waals surface area (Å²) in [5, 5.41) is 5.00. The molecule has 3 aliphatic carbocycles. The summed E-state index contributed by atoms with van der Waals surface area (Å²) in [6, 6.07) is 53.6. The highest BCUT2D eigenvalue weighted by Gasteiger charge is 2.59. The maximum absolute atomic E-state index is 7.41. The maximum Gasteiger partial charge on any atom is 0.257 e. The van der Waals surface area contributed by atoms with Crippen LogP contribution in [-0.4, -0.2) is 12.3 Å². The fourth-order valence-corrected chi connectivity index (χ4v) is 18.6. The summed E-state index contributed by atoms with van der Waals surface area (Å²) >= 11 is 1.95. The van der Waals surface area contributed by atoms with Crippen LogP contribution in [0.5, 0.6) is 0 Å². The van der Waals surface area contributed by atoms with Crippen LogP contribution in [0.3, 0.4) is 0 Å². The molecule has 1 fully saturated rings. The molecule has 10 aromatic rings. The van der Waals surface area contributed by atoms with Gasteiger partial charge in [0.15, 0.2) is 0 Å². The fraction of sp³-hybridized carbons (Fsp3) is 0.333. The highest BCUT2D eigenvalue weighted by Crippen LogP contribution is 2.64. The van der Waals surface area contributed by atoms with Crippen molar-refractivity contribution in [2.45, 2.75) is 153 Å². The molecule has 0 N–H and O–H groups in total. The number of thiophene rings is 1. The number of hydrogen-bond donors (Lipinski definition) is 0. The van der Waals surface area contributed by atoms with Gasteiger partial charge in [0.25, 0.3) is 6.71 Å². The van der Waals surface area contributed by atoms with E-state index in [0.29, 0.717) is 0 Å². The van der Waals surface area contributed by atoms with Gasteiger partial charge in [-0.05, 0) is 185 Å². The minimum Gasteiger partial charge on any atom is -0.457 e. The Morgan fingerprint density at radius 3 is 1.94 bits per heavy atom. The monoisotopic (exact) mass is 1030 g/mol. The molecule has 6 heterocycles. The molecule has 4 aliphatic heterocycles. The average molecular weight is 1030 g/mol. The lowest BCUT2D eigenvalue weighted by atomic mass is 9.33. The van der Waals surface area contributed by atoms with Gasteiger partial charge in [0, 0.05) is 76.9 Å². The van der Waals surface area contributed by atoms with Gasteiger partial charge in [0.2, 0.25) is 0 Å². The van der Waals surface area contributed by atoms with E-state index in [2.05, 4.69) is 217 Å². The Balaban J connectivity index is 1.09. The third kappa shape index (κ3) is 5.54. The van der Waals surface area contributed by atoms with Gasteiger partial charge in [-0.2, -0.15) is 0 Å². The zero-order valence-corrected chi connectivity index (χ0v) is 47.9. The quantitative estimate of drug-likeness (QED) is 0.153. The summed E-state index contributed by atoms with van der Waals surface area (Å²) in [7, 11) is 0. The topological polar surface area (TPSA) is 22.9 Å². The largest absolute Gasteiger partial charge is 0.457 e. The number of furan rings is 1. The molecule has 3 unspecified atom stereocenters. The van der Waals surface area contributed by atoms with Crippen molar-refractivity contribution in [3.05, 3.63) is 172 Å². The van der Waals surface area contributed by atoms with Gasteiger partial charge in [-0.15, -0.1) is 11.3 Å². The molecule has 2 aromatic heterocycles. The minimum absolute atomic E-state index is 0.00338. The molecule has 386 valence electrons. The van der Waals surface area contributed by atoms with Crippen LogP contribution in [0.2, 0.25) is 0 Å². The van der Waals surface area contributed by atoms with E-state index in [1.165, 1.54) is 151 Å². The van der Waals surface area contributed by atoms with Crippen molar-refractivity contribution in [3.63, 3.8) is 0 Å². The highest BCUT2D eigenvalue weighted by molar-refractivity contribution is 7.26. The third-order valence-electron chi connectivity index (χ3n) is 22.3. The Morgan fingerprint density at radius 1 is 0.474 bits per heavy atom. The summed E-state index contributed by atoms with van der Waals surface area (Å²) in [6.07, 6.45) is 9.31. The van der Waals surface area contributed by atoms with Crippen molar-refractivity contribution in [3.8, 4) is 0 Å². The normalized spacial score (nSPS) is 24.2. The van der Waals surface area contributed by atoms with Gasteiger partial charge in [0.1, 0.15) is 11.2 Å². The van der Waals surface area contributed by atoms with Crippen LogP contribution < -0.4 is 31.1 Å². The number of fused-ring (bicyclic) bond motifs is 22. The first-order valence-electron chi connectivity index (χ1n) is 29.3. The Hall–Kier alpha value is -6.76. The molecule has 4 nitrogen and oxygen atoms in total. The van der Waals surface area contributed by atoms with E-state index in [1.54, 1.807) is 0 Å². The summed E-state index contributed by atoms with van der Waals surface area (Å²) in [5.74, 6) is 0. The molecule has 0 spiro atoms. The van der Waals surface area contributed by atoms with E-state index in [-0.39, 0.29) is 39.3 Å². The van der Waals surface area contributed by atoms with Gasteiger partial charge >= 0.3 is 0 Å². The molecule has 6 bridgehead atoms. The zero-order chi connectivity index (χ0) is 52.9. The van der Waals surface area contributed by atoms with Crippen LogP contribution in [0.1, 0.15) is 153 Å². The van der Waals surface area contributed by atoms with Crippen LogP contribution in [0.4, 0.5) is 45.5 Å². The van der Waals surface area contributed by atoms with Gasteiger partial charge in [0.05, 0.1) is 15.9 Å². The lowest BCUT2D eigenvalue weighted by molar-refractivity contribution is 0.195. The van der Waals surface area contributed by atoms with E-state index in [1.807, 2.05) is 11.3 Å². The Labute approximate surface area is 464 Å². The number of benzene rings is 8. The van der Waals surface area contributed by atoms with Crippen molar-refractivity contribution in [1.82, 2.24) is 0 Å². The van der Waals surface area contributed by atoms with Crippen molar-refractivity contribution < 1.29 is 4.42 Å². The second-order valence-electron chi connectivity index (χ2n) is 27.7. The number of rotatable bonds is 1. The highest BCUT2D eigenvalue weighted by atomic mass is 32.1. The zero-order valence-electron chi connectivity index (χ0n) is 47.1. The predicted octanol–water partition coefficient (Wildman–Crippen LogP) is 18.1. The SMILES string of the molecule is Cc1cc2c3cc1N1c4cc(cc5c4B(c4cc6c(cc4N5c4cccc5c4sc4ccccc45)C(C)(C)CCC6(C)C)c4c1ccc1c4oc4ccccc41)N1c4cc(ccc4C4(C)CCCCC14C)C3(C)CCC2(C)C. The van der Waals surface area contributed by atoms with Gasteiger partial charge < -0.3 is 19.1 Å². The molecule has 8 aromatic carbocycles. The van der Waals surface area contributed by atoms with E-state index < -0.39 is 0 Å². The number of nitrogens with zero attached hydrogens (tertiary/aromatic N) is 3. The summed E-state index contributed by atoms with van der Waals surface area (Å²) in [6.45, 7) is 25.1. The molecule has 0 radical (unpaired) electrons. The van der Waals surface area contributed by atoms with Crippen LogP contribution in [0.25, 0.3) is 42.1 Å². The standard InChI is InChI=1S/C72H68BN3OS/c1-41-34-49-52-40-56(41)74-54-27-25-46-44-18-11-13-22-61(44)77-65(46)64(54)73-53-38-50-51(68(4,5)31-30-67(50,2)3)39-58(53)75(55-21-17-20-47-45-19-12-14-23-62(45)78-66(47)55)60-37-43(36-59(74)63(60)73)76-57-35-42(70(52,8)33-32-69(49,6)7)24-26-48(57)71(9)28-15-16-29-72(71,76)10/h11-14,17-27,34-40H,15-16,28-33H2,1-10H3. The molecule has 7 aliphatic rings. The van der Waals surface area contributed by atoms with Crippen LogP contribution in [0.15, 0.2) is 138 Å². The van der Waals surface area contributed by atoms with Gasteiger partial charge in [-0.1, -0.05) is 141 Å². The Bertz CT molecular complexity index is 4380. The van der Waals surface area contributed by atoms with Crippen LogP contribution >= 0.6 is 11.3 Å². The molecule has 3 atom stereocenters. The molecular formula is C72H68BN3OS. The number of hydrogen-bond acceptors (Lipinski definition) is 5. The molecule has 0 saturated heterocycles. The molecule has 17 rings (SSSR count). The van der Waals surface area contributed by atoms with Crippen molar-refractivity contribution >= 4 is 122 Å². The first-order valence-corrected chi connectivity index (χ1v) is 30.1. The Kier molecular flexibility index (Phi) is 8.72. The second kappa shape index (κ2) is 14.7. The summed E-state index contributed by atoms with van der Waals surface area (Å²) in [5.41, 5.74) is 26.0. The maximum atomic E-state index is 7.41.